The van der Waals surface area contributed by atoms with Gasteiger partial charge in [0.1, 0.15) is 0 Å². The number of rotatable bonds is 6. The van der Waals surface area contributed by atoms with Gasteiger partial charge in [0.05, 0.1) is 0 Å². The second-order valence-corrected chi connectivity index (χ2v) is 8.00. The van der Waals surface area contributed by atoms with Crippen LogP contribution in [-0.2, 0) is 0 Å². The lowest BCUT2D eigenvalue weighted by molar-refractivity contribution is 0.0514. The Bertz CT molecular complexity index is 287. The molecule has 0 aromatic heterocycles. The minimum atomic E-state index is 0.544. The van der Waals surface area contributed by atoms with Crippen LogP contribution in [0.4, 0.5) is 0 Å². The van der Waals surface area contributed by atoms with E-state index in [9.17, 15) is 0 Å². The molecule has 2 fully saturated rings. The van der Waals surface area contributed by atoms with E-state index in [1.54, 1.807) is 0 Å². The molecule has 1 aliphatic carbocycles. The highest BCUT2D eigenvalue weighted by Crippen LogP contribution is 2.37. The van der Waals surface area contributed by atoms with E-state index in [-0.39, 0.29) is 0 Å². The summed E-state index contributed by atoms with van der Waals surface area (Å²) in [5, 5.41) is 3.74. The average molecular weight is 296 g/mol. The van der Waals surface area contributed by atoms with Gasteiger partial charge in [-0.3, -0.25) is 4.90 Å². The number of nitrogens with zero attached hydrogens (tertiary/aromatic N) is 2. The standard InChI is InChI=1S/C18H37N3/c1-16(2)19-14-18(8-6-5-7-9-18)15-20-10-12-21(13-11-20)17(3)4/h16-17,19H,5-15H2,1-4H3. The summed E-state index contributed by atoms with van der Waals surface area (Å²) in [6.45, 7) is 16.8. The van der Waals surface area contributed by atoms with Crippen molar-refractivity contribution in [2.75, 3.05) is 39.3 Å². The Balaban J connectivity index is 1.87. The van der Waals surface area contributed by atoms with Crippen LogP contribution in [-0.4, -0.2) is 61.2 Å². The van der Waals surface area contributed by atoms with Gasteiger partial charge < -0.3 is 10.2 Å². The van der Waals surface area contributed by atoms with Gasteiger partial charge in [-0.15, -0.1) is 0 Å². The SMILES string of the molecule is CC(C)NCC1(CN2CCN(C(C)C)CC2)CCCCC1. The number of hydrogen-bond donors (Lipinski definition) is 1. The lowest BCUT2D eigenvalue weighted by Crippen LogP contribution is -2.53. The van der Waals surface area contributed by atoms with Crippen molar-refractivity contribution < 1.29 is 0 Å². The van der Waals surface area contributed by atoms with Crippen molar-refractivity contribution >= 4 is 0 Å². The Morgan fingerprint density at radius 3 is 2.05 bits per heavy atom. The van der Waals surface area contributed by atoms with Crippen LogP contribution in [0.1, 0.15) is 59.8 Å². The maximum Gasteiger partial charge on any atom is 0.0113 e. The van der Waals surface area contributed by atoms with Crippen molar-refractivity contribution in [3.63, 3.8) is 0 Å². The van der Waals surface area contributed by atoms with Crippen molar-refractivity contribution in [1.29, 1.82) is 0 Å². The molecule has 2 aliphatic rings. The largest absolute Gasteiger partial charge is 0.314 e. The Labute approximate surface area is 132 Å². The summed E-state index contributed by atoms with van der Waals surface area (Å²) in [6.07, 6.45) is 7.18. The van der Waals surface area contributed by atoms with Gasteiger partial charge >= 0.3 is 0 Å². The molecule has 1 heterocycles. The summed E-state index contributed by atoms with van der Waals surface area (Å²) >= 11 is 0. The van der Waals surface area contributed by atoms with Crippen molar-refractivity contribution in [2.45, 2.75) is 71.9 Å². The minimum absolute atomic E-state index is 0.544. The van der Waals surface area contributed by atoms with Gasteiger partial charge in [0.15, 0.2) is 0 Å². The van der Waals surface area contributed by atoms with Gasteiger partial charge in [-0.1, -0.05) is 33.1 Å². The van der Waals surface area contributed by atoms with E-state index in [0.717, 1.165) is 0 Å². The molecule has 3 nitrogen and oxygen atoms in total. The summed E-state index contributed by atoms with van der Waals surface area (Å²) in [5.41, 5.74) is 0.544. The third-order valence-electron chi connectivity index (χ3n) is 5.50. The first-order valence-electron chi connectivity index (χ1n) is 9.21. The highest BCUT2D eigenvalue weighted by Gasteiger charge is 2.34. The molecule has 0 aromatic carbocycles. The summed E-state index contributed by atoms with van der Waals surface area (Å²) < 4.78 is 0. The summed E-state index contributed by atoms with van der Waals surface area (Å²) in [5.74, 6) is 0. The molecule has 0 radical (unpaired) electrons. The monoisotopic (exact) mass is 295 g/mol. The highest BCUT2D eigenvalue weighted by molar-refractivity contribution is 4.89. The molecule has 0 atom stereocenters. The molecule has 1 N–H and O–H groups in total. The van der Waals surface area contributed by atoms with Crippen LogP contribution >= 0.6 is 0 Å². The smallest absolute Gasteiger partial charge is 0.0113 e. The van der Waals surface area contributed by atoms with Crippen LogP contribution in [0.5, 0.6) is 0 Å². The zero-order valence-electron chi connectivity index (χ0n) is 14.8. The topological polar surface area (TPSA) is 18.5 Å². The number of nitrogens with one attached hydrogen (secondary N) is 1. The quantitative estimate of drug-likeness (QED) is 0.813. The third kappa shape index (κ3) is 5.22. The molecular weight excluding hydrogens is 258 g/mol. The van der Waals surface area contributed by atoms with E-state index in [1.807, 2.05) is 0 Å². The molecule has 1 saturated heterocycles. The molecule has 3 heteroatoms. The fourth-order valence-corrected chi connectivity index (χ4v) is 4.03. The van der Waals surface area contributed by atoms with Gasteiger partial charge in [-0.2, -0.15) is 0 Å². The second kappa shape index (κ2) is 7.94. The molecule has 0 bridgehead atoms. The molecule has 0 spiro atoms. The summed E-state index contributed by atoms with van der Waals surface area (Å²) in [7, 11) is 0. The van der Waals surface area contributed by atoms with E-state index < -0.39 is 0 Å². The summed E-state index contributed by atoms with van der Waals surface area (Å²) in [6, 6.07) is 1.32. The van der Waals surface area contributed by atoms with E-state index in [0.29, 0.717) is 17.5 Å². The first kappa shape index (κ1) is 17.2. The lowest BCUT2D eigenvalue weighted by atomic mass is 9.73. The molecule has 1 aliphatic heterocycles. The zero-order chi connectivity index (χ0) is 15.3. The van der Waals surface area contributed by atoms with Crippen molar-refractivity contribution in [3.8, 4) is 0 Å². The van der Waals surface area contributed by atoms with Crippen LogP contribution in [0.25, 0.3) is 0 Å². The molecule has 1 saturated carbocycles. The van der Waals surface area contributed by atoms with E-state index >= 15 is 0 Å². The van der Waals surface area contributed by atoms with Crippen molar-refractivity contribution in [3.05, 3.63) is 0 Å². The fraction of sp³-hybridized carbons (Fsp3) is 1.00. The minimum Gasteiger partial charge on any atom is -0.314 e. The highest BCUT2D eigenvalue weighted by atomic mass is 15.3. The van der Waals surface area contributed by atoms with Crippen LogP contribution in [0.2, 0.25) is 0 Å². The predicted molar refractivity (Wildman–Crippen MR) is 91.8 cm³/mol. The molecule has 0 aromatic rings. The number of piperazine rings is 1. The Morgan fingerprint density at radius 2 is 1.52 bits per heavy atom. The first-order chi connectivity index (χ1) is 10.0. The van der Waals surface area contributed by atoms with E-state index in [2.05, 4.69) is 42.8 Å². The van der Waals surface area contributed by atoms with Crippen LogP contribution in [0.3, 0.4) is 0 Å². The van der Waals surface area contributed by atoms with Crippen LogP contribution in [0.15, 0.2) is 0 Å². The van der Waals surface area contributed by atoms with Gasteiger partial charge in [-0.25, -0.2) is 0 Å². The predicted octanol–water partition coefficient (Wildman–Crippen LogP) is 2.96. The first-order valence-corrected chi connectivity index (χ1v) is 9.21. The molecule has 0 amide bonds. The van der Waals surface area contributed by atoms with Crippen molar-refractivity contribution in [1.82, 2.24) is 15.1 Å². The summed E-state index contributed by atoms with van der Waals surface area (Å²) in [4.78, 5) is 5.36. The normalized spacial score (nSPS) is 24.9. The Morgan fingerprint density at radius 1 is 0.905 bits per heavy atom. The second-order valence-electron chi connectivity index (χ2n) is 8.00. The molecule has 124 valence electrons. The maximum absolute atomic E-state index is 3.74. The molecular formula is C18H37N3. The number of hydrogen-bond acceptors (Lipinski definition) is 3. The fourth-order valence-electron chi connectivity index (χ4n) is 4.03. The van der Waals surface area contributed by atoms with Gasteiger partial charge in [0.25, 0.3) is 0 Å². The van der Waals surface area contributed by atoms with Crippen LogP contribution < -0.4 is 5.32 Å². The van der Waals surface area contributed by atoms with Gasteiger partial charge in [-0.05, 0) is 32.1 Å². The van der Waals surface area contributed by atoms with E-state index in [4.69, 9.17) is 0 Å². The molecule has 0 unspecified atom stereocenters. The van der Waals surface area contributed by atoms with Crippen molar-refractivity contribution in [2.24, 2.45) is 5.41 Å². The zero-order valence-corrected chi connectivity index (χ0v) is 14.8. The van der Waals surface area contributed by atoms with E-state index in [1.165, 1.54) is 71.4 Å². The molecule has 21 heavy (non-hydrogen) atoms. The van der Waals surface area contributed by atoms with Gasteiger partial charge in [0.2, 0.25) is 0 Å². The third-order valence-corrected chi connectivity index (χ3v) is 5.50. The lowest BCUT2D eigenvalue weighted by Gasteiger charge is -2.45. The van der Waals surface area contributed by atoms with Gasteiger partial charge in [0, 0.05) is 51.4 Å². The average Bonchev–Trinajstić information content (AvgIpc) is 2.47. The Kier molecular flexibility index (Phi) is 6.51. The van der Waals surface area contributed by atoms with Crippen LogP contribution in [0, 0.1) is 5.41 Å². The maximum atomic E-state index is 3.74. The molecule has 2 rings (SSSR count). The Hall–Kier alpha value is -0.120.